The van der Waals surface area contributed by atoms with Gasteiger partial charge in [0.2, 0.25) is 0 Å². The molecule has 0 unspecified atom stereocenters. The average Bonchev–Trinajstić information content (AvgIpc) is 2.54. The van der Waals surface area contributed by atoms with E-state index in [0.717, 1.165) is 0 Å². The summed E-state index contributed by atoms with van der Waals surface area (Å²) in [5.41, 5.74) is 2.71. The standard InChI is InChI=1S/C25H43NP2/c1-22(2)14-10-15-23(3,4)27(22)18-20-12-9-13-21(26-20)19-28-24(5,6)16-11-17-25(28,7)8/h9,12-13H,10-11,14-19H2,1-8H3. The number of hydrogen-bond donors (Lipinski definition) is 0. The van der Waals surface area contributed by atoms with Gasteiger partial charge in [-0.25, -0.2) is 0 Å². The highest BCUT2D eigenvalue weighted by atomic mass is 31.1. The third kappa shape index (κ3) is 4.83. The van der Waals surface area contributed by atoms with E-state index in [4.69, 9.17) is 4.98 Å². The van der Waals surface area contributed by atoms with Crippen LogP contribution in [0.1, 0.15) is 105 Å². The largest absolute Gasteiger partial charge is 0.257 e. The first-order chi connectivity index (χ1) is 12.8. The third-order valence-corrected chi connectivity index (χ3v) is 15.6. The predicted octanol–water partition coefficient (Wildman–Crippen LogP) is 8.53. The van der Waals surface area contributed by atoms with Gasteiger partial charge in [0, 0.05) is 23.7 Å². The van der Waals surface area contributed by atoms with Crippen LogP contribution in [0.4, 0.5) is 0 Å². The molecule has 0 radical (unpaired) electrons. The van der Waals surface area contributed by atoms with Gasteiger partial charge in [-0.05, 0) is 58.4 Å². The Kier molecular flexibility index (Phi) is 6.42. The fourth-order valence-corrected chi connectivity index (χ4v) is 13.7. The van der Waals surface area contributed by atoms with E-state index < -0.39 is 0 Å². The zero-order valence-electron chi connectivity index (χ0n) is 19.7. The number of rotatable bonds is 4. The van der Waals surface area contributed by atoms with Crippen LogP contribution >= 0.6 is 15.8 Å². The Hall–Kier alpha value is 0.01000. The lowest BCUT2D eigenvalue weighted by Gasteiger charge is -2.50. The summed E-state index contributed by atoms with van der Waals surface area (Å²) in [4.78, 5) is 5.26. The van der Waals surface area contributed by atoms with Crippen molar-refractivity contribution in [1.82, 2.24) is 4.98 Å². The molecule has 0 spiro atoms. The highest BCUT2D eigenvalue weighted by Gasteiger charge is 2.44. The Morgan fingerprint density at radius 3 is 1.29 bits per heavy atom. The molecule has 0 aliphatic carbocycles. The van der Waals surface area contributed by atoms with E-state index in [-0.39, 0.29) is 15.8 Å². The van der Waals surface area contributed by atoms with E-state index in [1.165, 1.54) is 62.2 Å². The zero-order valence-corrected chi connectivity index (χ0v) is 21.5. The molecule has 3 heteroatoms. The average molecular weight is 420 g/mol. The molecule has 3 rings (SSSR count). The van der Waals surface area contributed by atoms with Crippen LogP contribution in [0.2, 0.25) is 0 Å². The first-order valence-electron chi connectivity index (χ1n) is 11.3. The van der Waals surface area contributed by atoms with E-state index in [1.54, 1.807) is 0 Å². The van der Waals surface area contributed by atoms with Crippen LogP contribution in [0.5, 0.6) is 0 Å². The van der Waals surface area contributed by atoms with E-state index in [1.807, 2.05) is 0 Å². The Morgan fingerprint density at radius 2 is 0.964 bits per heavy atom. The normalized spacial score (nSPS) is 26.9. The molecule has 0 N–H and O–H groups in total. The molecule has 0 saturated carbocycles. The maximum absolute atomic E-state index is 5.26. The van der Waals surface area contributed by atoms with Gasteiger partial charge in [-0.1, -0.05) is 90.1 Å². The summed E-state index contributed by atoms with van der Waals surface area (Å²) in [6.07, 6.45) is 10.7. The summed E-state index contributed by atoms with van der Waals surface area (Å²) >= 11 is 0. The monoisotopic (exact) mass is 419 g/mol. The molecule has 2 aliphatic heterocycles. The molecule has 0 aromatic carbocycles. The van der Waals surface area contributed by atoms with Crippen LogP contribution in [-0.2, 0) is 12.3 Å². The summed E-state index contributed by atoms with van der Waals surface area (Å²) in [5, 5.41) is 1.91. The van der Waals surface area contributed by atoms with Crippen LogP contribution in [0.15, 0.2) is 18.2 Å². The van der Waals surface area contributed by atoms with Gasteiger partial charge in [0.1, 0.15) is 0 Å². The van der Waals surface area contributed by atoms with Crippen LogP contribution in [0.3, 0.4) is 0 Å². The van der Waals surface area contributed by atoms with Crippen molar-refractivity contribution in [2.24, 2.45) is 0 Å². The van der Waals surface area contributed by atoms with Crippen molar-refractivity contribution in [2.75, 3.05) is 0 Å². The minimum absolute atomic E-state index is 0.0615. The Balaban J connectivity index is 1.81. The predicted molar refractivity (Wildman–Crippen MR) is 130 cm³/mol. The molecule has 2 saturated heterocycles. The lowest BCUT2D eigenvalue weighted by Crippen LogP contribution is -2.36. The summed E-state index contributed by atoms with van der Waals surface area (Å²) in [7, 11) is -0.123. The minimum Gasteiger partial charge on any atom is -0.257 e. The second-order valence-electron chi connectivity index (χ2n) is 11.7. The Labute approximate surface area is 177 Å². The molecule has 3 heterocycles. The molecule has 2 fully saturated rings. The van der Waals surface area contributed by atoms with Crippen molar-refractivity contribution in [3.63, 3.8) is 0 Å². The fourth-order valence-electron chi connectivity index (χ4n) is 5.97. The number of pyridine rings is 1. The summed E-state index contributed by atoms with van der Waals surface area (Å²) < 4.78 is 0. The number of hydrogen-bond acceptors (Lipinski definition) is 1. The van der Waals surface area contributed by atoms with Crippen LogP contribution in [0, 0.1) is 0 Å². The van der Waals surface area contributed by atoms with Crippen molar-refractivity contribution in [2.45, 2.75) is 127 Å². The van der Waals surface area contributed by atoms with Crippen LogP contribution < -0.4 is 0 Å². The van der Waals surface area contributed by atoms with Gasteiger partial charge in [0.25, 0.3) is 0 Å². The quantitative estimate of drug-likeness (QED) is 0.446. The molecule has 1 nitrogen and oxygen atoms in total. The second kappa shape index (κ2) is 7.93. The Morgan fingerprint density at radius 1 is 0.643 bits per heavy atom. The number of nitrogens with zero attached hydrogens (tertiary/aromatic N) is 1. The molecular weight excluding hydrogens is 376 g/mol. The van der Waals surface area contributed by atoms with Crippen LogP contribution in [0.25, 0.3) is 0 Å². The van der Waals surface area contributed by atoms with Gasteiger partial charge in [-0.3, -0.25) is 4.98 Å². The minimum atomic E-state index is -0.0615. The van der Waals surface area contributed by atoms with E-state index in [2.05, 4.69) is 73.6 Å². The van der Waals surface area contributed by atoms with E-state index in [9.17, 15) is 0 Å². The van der Waals surface area contributed by atoms with E-state index in [0.29, 0.717) is 20.6 Å². The summed E-state index contributed by atoms with van der Waals surface area (Å²) in [5.74, 6) is 0. The van der Waals surface area contributed by atoms with Gasteiger partial charge in [-0.15, -0.1) is 0 Å². The van der Waals surface area contributed by atoms with Gasteiger partial charge in [0.05, 0.1) is 0 Å². The summed E-state index contributed by atoms with van der Waals surface area (Å²) in [6, 6.07) is 6.89. The third-order valence-electron chi connectivity index (χ3n) is 7.58. The second-order valence-corrected chi connectivity index (χ2v) is 18.9. The fraction of sp³-hybridized carbons (Fsp3) is 0.800. The van der Waals surface area contributed by atoms with Crippen molar-refractivity contribution >= 4 is 15.8 Å². The molecule has 158 valence electrons. The maximum atomic E-state index is 5.26. The van der Waals surface area contributed by atoms with Crippen LogP contribution in [-0.4, -0.2) is 25.6 Å². The Bertz CT molecular complexity index is 602. The van der Waals surface area contributed by atoms with Crippen molar-refractivity contribution < 1.29 is 0 Å². The molecule has 28 heavy (non-hydrogen) atoms. The summed E-state index contributed by atoms with van der Waals surface area (Å²) in [6.45, 7) is 20.1. The smallest absolute Gasteiger partial charge is 0.0450 e. The molecule has 2 aliphatic rings. The molecule has 0 amide bonds. The first-order valence-corrected chi connectivity index (χ1v) is 14.4. The highest BCUT2D eigenvalue weighted by Crippen LogP contribution is 2.68. The SMILES string of the molecule is CC1(C)CCCC(C)(C)P1Cc1cccc(CP2C(C)(C)CCCC2(C)C)n1. The number of aromatic nitrogens is 1. The molecule has 0 atom stereocenters. The van der Waals surface area contributed by atoms with Crippen molar-refractivity contribution in [1.29, 1.82) is 0 Å². The topological polar surface area (TPSA) is 12.9 Å². The first kappa shape index (κ1) is 22.7. The van der Waals surface area contributed by atoms with Gasteiger partial charge in [0.15, 0.2) is 0 Å². The lowest BCUT2D eigenvalue weighted by molar-refractivity contribution is 0.464. The molecule has 0 bridgehead atoms. The van der Waals surface area contributed by atoms with Gasteiger partial charge < -0.3 is 0 Å². The van der Waals surface area contributed by atoms with Gasteiger partial charge in [-0.2, -0.15) is 0 Å². The lowest BCUT2D eigenvalue weighted by atomic mass is 9.98. The van der Waals surface area contributed by atoms with E-state index >= 15 is 0 Å². The highest BCUT2D eigenvalue weighted by molar-refractivity contribution is 7.60. The molecule has 1 aromatic heterocycles. The van der Waals surface area contributed by atoms with Gasteiger partial charge >= 0.3 is 0 Å². The zero-order chi connectivity index (χ0) is 20.8. The molecular formula is C25H43NP2. The molecule has 1 aromatic rings. The van der Waals surface area contributed by atoms with Crippen molar-refractivity contribution in [3.05, 3.63) is 29.6 Å². The maximum Gasteiger partial charge on any atom is 0.0450 e. The van der Waals surface area contributed by atoms with Crippen molar-refractivity contribution in [3.8, 4) is 0 Å².